The van der Waals surface area contributed by atoms with Crippen LogP contribution >= 0.6 is 0 Å². The van der Waals surface area contributed by atoms with Gasteiger partial charge in [-0.2, -0.15) is 9.97 Å². The van der Waals surface area contributed by atoms with Crippen molar-refractivity contribution in [3.8, 4) is 23.0 Å². The molecule has 326 valence electrons. The lowest BCUT2D eigenvalue weighted by molar-refractivity contribution is -0.132. The lowest BCUT2D eigenvalue weighted by Crippen LogP contribution is -2.60. The second-order valence-corrected chi connectivity index (χ2v) is 17.5. The number of fused-ring (bicyclic) bond motifs is 7. The summed E-state index contributed by atoms with van der Waals surface area (Å²) in [6.07, 6.45) is 0.411. The number of likely N-dealkylation sites (tertiary alicyclic amines) is 1. The maximum absolute atomic E-state index is 17.6. The van der Waals surface area contributed by atoms with Crippen molar-refractivity contribution in [3.63, 3.8) is 0 Å². The molecular formula is C43H50F4N8O6. The Labute approximate surface area is 351 Å². The molecule has 10 rings (SSSR count). The first-order valence-electron chi connectivity index (χ1n) is 20.9. The van der Waals surface area contributed by atoms with Gasteiger partial charge in [0.15, 0.2) is 5.82 Å². The van der Waals surface area contributed by atoms with Gasteiger partial charge in [-0.25, -0.2) is 27.2 Å². The SMILES string of the molecule is CN(C)C(=O)C1CCCN1C(=O)Oc1cc2c3c(c(F)ccc3c1)CCCOC(=O)N[C@]1(C)C[C@@H](F)CN(C1)c1nc(OC[C@@]34CCCN3C[C@H](F)C4)nc3c(F)c-2ncc13.[HH]. The number of alkyl carbamates (subject to hydrolysis) is 1. The van der Waals surface area contributed by atoms with Gasteiger partial charge in [-0.05, 0) is 86.5 Å². The van der Waals surface area contributed by atoms with Crippen LogP contribution in [0, 0.1) is 11.6 Å². The summed E-state index contributed by atoms with van der Waals surface area (Å²) in [6.45, 7) is 2.81. The number of nitrogens with one attached hydrogen (secondary N) is 1. The summed E-state index contributed by atoms with van der Waals surface area (Å²) in [6, 6.07) is 4.74. The molecule has 6 aliphatic heterocycles. The zero-order chi connectivity index (χ0) is 42.8. The predicted octanol–water partition coefficient (Wildman–Crippen LogP) is 6.36. The van der Waals surface area contributed by atoms with Crippen molar-refractivity contribution in [1.82, 2.24) is 35.0 Å². The summed E-state index contributed by atoms with van der Waals surface area (Å²) in [5, 5.41) is 3.60. The molecule has 5 atom stereocenters. The van der Waals surface area contributed by atoms with Gasteiger partial charge in [0.05, 0.1) is 29.6 Å². The maximum atomic E-state index is 17.6. The molecule has 1 unspecified atom stereocenters. The summed E-state index contributed by atoms with van der Waals surface area (Å²) in [4.78, 5) is 60.1. The van der Waals surface area contributed by atoms with Crippen LogP contribution in [0.3, 0.4) is 0 Å². The molecule has 0 aliphatic carbocycles. The Morgan fingerprint density at radius 2 is 1.89 bits per heavy atom. The molecule has 0 saturated carbocycles. The average molecular weight is 851 g/mol. The molecule has 4 fully saturated rings. The number of likely N-dealkylation sites (N-methyl/N-ethyl adjacent to an activating group) is 1. The molecule has 4 aromatic rings. The molecule has 2 aromatic heterocycles. The second-order valence-electron chi connectivity index (χ2n) is 17.5. The molecule has 6 bridgehead atoms. The molecule has 14 nitrogen and oxygen atoms in total. The Balaban J connectivity index is 0.00000529. The van der Waals surface area contributed by atoms with Gasteiger partial charge in [-0.3, -0.25) is 19.6 Å². The summed E-state index contributed by atoms with van der Waals surface area (Å²) in [7, 11) is 3.22. The van der Waals surface area contributed by atoms with Gasteiger partial charge < -0.3 is 29.3 Å². The summed E-state index contributed by atoms with van der Waals surface area (Å²) < 4.78 is 81.7. The number of nitrogens with zero attached hydrogens (tertiary/aromatic N) is 7. The van der Waals surface area contributed by atoms with Crippen LogP contribution in [0.4, 0.5) is 33.0 Å². The lowest BCUT2D eigenvalue weighted by Gasteiger charge is -2.42. The Hall–Kier alpha value is -5.52. The number of hydrogen-bond acceptors (Lipinski definition) is 11. The third-order valence-corrected chi connectivity index (χ3v) is 12.8. The van der Waals surface area contributed by atoms with E-state index >= 15 is 13.2 Å². The molecule has 1 N–H and O–H groups in total. The monoisotopic (exact) mass is 850 g/mol. The van der Waals surface area contributed by atoms with E-state index in [0.29, 0.717) is 37.7 Å². The Morgan fingerprint density at radius 1 is 1.07 bits per heavy atom. The molecule has 18 heteroatoms. The van der Waals surface area contributed by atoms with Crippen LogP contribution in [0.25, 0.3) is 32.9 Å². The number of carbonyl (C=O) groups is 3. The molecule has 8 heterocycles. The normalized spacial score (nSPS) is 26.7. The standard InChI is InChI=1S/C43H48F4N8O6.H2/c1-42-17-25(44)20-53(22-42)37-30-19-48-35(34(47)36(30)49-39(50-37)60-23-43-11-6-12-54(43)21-26(45)18-43)29-16-27(61-41(58)55-13-4-8-32(55)38(56)52(2)3)15-24-9-10-31(46)28(33(24)29)7-5-14-59-40(57)51-42;/h9-10,15-16,19,25-26,32H,4-8,11-14,17-18,20-23H2,1-3H3,(H,51,57);1H/t25-,26-,32?,42-,43+;/m1./s1. The quantitative estimate of drug-likeness (QED) is 0.225. The predicted molar refractivity (Wildman–Crippen MR) is 218 cm³/mol. The number of piperidine rings is 1. The minimum absolute atomic E-state index is 0. The molecule has 3 amide bonds. The second kappa shape index (κ2) is 15.7. The fraction of sp³-hybridized carbons (Fsp3) is 0.535. The van der Waals surface area contributed by atoms with E-state index in [-0.39, 0.29) is 117 Å². The van der Waals surface area contributed by atoms with Crippen molar-refractivity contribution in [1.29, 1.82) is 0 Å². The van der Waals surface area contributed by atoms with Crippen LogP contribution in [0.15, 0.2) is 30.5 Å². The van der Waals surface area contributed by atoms with E-state index in [0.717, 1.165) is 6.42 Å². The Morgan fingerprint density at radius 3 is 2.70 bits per heavy atom. The molecule has 4 saturated heterocycles. The van der Waals surface area contributed by atoms with Gasteiger partial charge in [-0.15, -0.1) is 0 Å². The highest BCUT2D eigenvalue weighted by Crippen LogP contribution is 2.43. The van der Waals surface area contributed by atoms with Gasteiger partial charge in [0.1, 0.15) is 53.6 Å². The highest BCUT2D eigenvalue weighted by atomic mass is 19.1. The van der Waals surface area contributed by atoms with Crippen LogP contribution in [-0.4, -0.2) is 137 Å². The van der Waals surface area contributed by atoms with Gasteiger partial charge >= 0.3 is 18.2 Å². The molecule has 6 aliphatic rings. The number of amides is 3. The van der Waals surface area contributed by atoms with Gasteiger partial charge in [0.25, 0.3) is 0 Å². The van der Waals surface area contributed by atoms with Crippen molar-refractivity contribution < 1.29 is 47.6 Å². The molecule has 61 heavy (non-hydrogen) atoms. The Bertz CT molecular complexity index is 2430. The number of anilines is 1. The fourth-order valence-corrected chi connectivity index (χ4v) is 10.1. The van der Waals surface area contributed by atoms with Crippen molar-refractivity contribution in [2.75, 3.05) is 64.9 Å². The zero-order valence-electron chi connectivity index (χ0n) is 34.3. The largest absolute Gasteiger partial charge is 0.461 e. The number of benzene rings is 2. The number of aromatic nitrogens is 3. The van der Waals surface area contributed by atoms with Crippen LogP contribution < -0.4 is 19.7 Å². The summed E-state index contributed by atoms with van der Waals surface area (Å²) >= 11 is 0. The first kappa shape index (κ1) is 40.9. The van der Waals surface area contributed by atoms with E-state index < -0.39 is 53.3 Å². The van der Waals surface area contributed by atoms with E-state index in [4.69, 9.17) is 19.2 Å². The van der Waals surface area contributed by atoms with Gasteiger partial charge in [-0.1, -0.05) is 6.07 Å². The highest BCUT2D eigenvalue weighted by Gasteiger charge is 2.49. The van der Waals surface area contributed by atoms with Gasteiger partial charge in [0, 0.05) is 59.8 Å². The molecular weight excluding hydrogens is 801 g/mol. The van der Waals surface area contributed by atoms with E-state index in [1.165, 1.54) is 40.3 Å². The van der Waals surface area contributed by atoms with Crippen LogP contribution in [-0.2, 0) is 16.0 Å². The number of aryl methyl sites for hydroxylation is 1. The third kappa shape index (κ3) is 7.60. The number of alkyl halides is 2. The summed E-state index contributed by atoms with van der Waals surface area (Å²) in [5.41, 5.74) is -1.95. The van der Waals surface area contributed by atoms with Gasteiger partial charge in [0.2, 0.25) is 5.91 Å². The molecule has 0 spiro atoms. The minimum Gasteiger partial charge on any atom is -0.461 e. The minimum atomic E-state index is -1.44. The maximum Gasteiger partial charge on any atom is 0.415 e. The van der Waals surface area contributed by atoms with Crippen LogP contribution in [0.1, 0.15) is 58.9 Å². The third-order valence-electron chi connectivity index (χ3n) is 12.8. The van der Waals surface area contributed by atoms with Crippen LogP contribution in [0.2, 0.25) is 0 Å². The van der Waals surface area contributed by atoms with Crippen LogP contribution in [0.5, 0.6) is 11.8 Å². The zero-order valence-corrected chi connectivity index (χ0v) is 34.3. The lowest BCUT2D eigenvalue weighted by atomic mass is 9.90. The fourth-order valence-electron chi connectivity index (χ4n) is 10.1. The number of rotatable bonds is 5. The van der Waals surface area contributed by atoms with E-state index in [9.17, 15) is 18.8 Å². The molecule has 2 aromatic carbocycles. The number of ether oxygens (including phenoxy) is 3. The highest BCUT2D eigenvalue weighted by molar-refractivity contribution is 6.02. The van der Waals surface area contributed by atoms with E-state index in [1.807, 2.05) is 0 Å². The van der Waals surface area contributed by atoms with Crippen molar-refractivity contribution in [2.45, 2.75) is 87.8 Å². The first-order valence-corrected chi connectivity index (χ1v) is 20.9. The number of halogens is 4. The van der Waals surface area contributed by atoms with Crippen molar-refractivity contribution in [2.24, 2.45) is 0 Å². The van der Waals surface area contributed by atoms with Crippen molar-refractivity contribution in [3.05, 3.63) is 47.7 Å². The Kier molecular flexibility index (Phi) is 10.5. The first-order chi connectivity index (χ1) is 29.2. The number of hydrogen-bond donors (Lipinski definition) is 1. The smallest absolute Gasteiger partial charge is 0.415 e. The summed E-state index contributed by atoms with van der Waals surface area (Å²) in [5.74, 6) is -1.67. The van der Waals surface area contributed by atoms with Crippen molar-refractivity contribution >= 4 is 45.6 Å². The van der Waals surface area contributed by atoms with E-state index in [2.05, 4.69) is 20.2 Å². The average Bonchev–Trinajstić information content (AvgIpc) is 3.93. The number of pyridine rings is 1. The topological polar surface area (TPSA) is 143 Å². The number of carbonyl (C=O) groups excluding carboxylic acids is 3. The molecule has 0 radical (unpaired) electrons. The van der Waals surface area contributed by atoms with E-state index in [1.54, 1.807) is 25.9 Å².